The van der Waals surface area contributed by atoms with E-state index in [9.17, 15) is 20.0 Å². The van der Waals surface area contributed by atoms with Gasteiger partial charge in [-0.25, -0.2) is 4.79 Å². The quantitative estimate of drug-likeness (QED) is 0.690. The van der Waals surface area contributed by atoms with Crippen molar-refractivity contribution in [2.75, 3.05) is 11.4 Å². The van der Waals surface area contributed by atoms with Crippen LogP contribution in [0.1, 0.15) is 16.5 Å². The summed E-state index contributed by atoms with van der Waals surface area (Å²) < 4.78 is 0. The van der Waals surface area contributed by atoms with Crippen molar-refractivity contribution in [1.29, 1.82) is 0 Å². The van der Waals surface area contributed by atoms with Gasteiger partial charge in [-0.05, 0) is 29.5 Å². The largest absolute Gasteiger partial charge is 0.479 e. The van der Waals surface area contributed by atoms with Crippen LogP contribution in [0.2, 0.25) is 0 Å². The summed E-state index contributed by atoms with van der Waals surface area (Å²) in [6, 6.07) is 2.37. The first kappa shape index (κ1) is 13.5. The Morgan fingerprint density at radius 1 is 1.52 bits per heavy atom. The maximum Gasteiger partial charge on any atom is 0.331 e. The molecule has 0 bridgehead atoms. The predicted molar refractivity (Wildman–Crippen MR) is 76.6 cm³/mol. The summed E-state index contributed by atoms with van der Waals surface area (Å²) in [6.45, 7) is 0.426. The standard InChI is InChI=1S/C13H11N3O4S/c17-13(18)12-8-3-6-21-11(8)2-5-15(12)9-1-4-14-7-10(9)16(19)20/h1,3-4,6-7,12H,2,5H2,(H,17,18). The van der Waals surface area contributed by atoms with E-state index in [4.69, 9.17) is 0 Å². The Balaban J connectivity index is 2.11. The number of fused-ring (bicyclic) bond motifs is 1. The van der Waals surface area contributed by atoms with Crippen LogP contribution in [0, 0.1) is 10.1 Å². The van der Waals surface area contributed by atoms with Crippen molar-refractivity contribution >= 4 is 28.7 Å². The molecule has 8 heteroatoms. The van der Waals surface area contributed by atoms with Crippen LogP contribution in [-0.2, 0) is 11.2 Å². The van der Waals surface area contributed by atoms with Gasteiger partial charge < -0.3 is 10.0 Å². The van der Waals surface area contributed by atoms with Crippen LogP contribution in [-0.4, -0.2) is 27.5 Å². The van der Waals surface area contributed by atoms with Crippen molar-refractivity contribution in [2.45, 2.75) is 12.5 Å². The summed E-state index contributed by atoms with van der Waals surface area (Å²) in [7, 11) is 0. The molecule has 3 rings (SSSR count). The van der Waals surface area contributed by atoms with Crippen LogP contribution in [0.25, 0.3) is 0 Å². The number of anilines is 1. The fourth-order valence-corrected chi connectivity index (χ4v) is 3.51. The minimum absolute atomic E-state index is 0.178. The van der Waals surface area contributed by atoms with Crippen molar-refractivity contribution in [3.8, 4) is 0 Å². The molecule has 108 valence electrons. The Labute approximate surface area is 123 Å². The summed E-state index contributed by atoms with van der Waals surface area (Å²) in [5.74, 6) is -1.01. The minimum Gasteiger partial charge on any atom is -0.479 e. The number of thiophene rings is 1. The Kier molecular flexibility index (Phi) is 3.30. The van der Waals surface area contributed by atoms with Crippen LogP contribution < -0.4 is 4.90 Å². The normalized spacial score (nSPS) is 17.3. The molecular weight excluding hydrogens is 294 g/mol. The molecule has 1 N–H and O–H groups in total. The van der Waals surface area contributed by atoms with E-state index >= 15 is 0 Å². The lowest BCUT2D eigenvalue weighted by atomic mass is 9.99. The molecular formula is C13H11N3O4S. The number of hydrogen-bond donors (Lipinski definition) is 1. The topological polar surface area (TPSA) is 96.6 Å². The van der Waals surface area contributed by atoms with E-state index in [0.717, 1.165) is 11.1 Å². The first-order valence-electron chi connectivity index (χ1n) is 6.23. The molecule has 0 radical (unpaired) electrons. The second-order valence-corrected chi connectivity index (χ2v) is 5.61. The van der Waals surface area contributed by atoms with E-state index in [1.165, 1.54) is 23.6 Å². The van der Waals surface area contributed by atoms with Gasteiger partial charge in [0, 0.05) is 17.6 Å². The van der Waals surface area contributed by atoms with Crippen LogP contribution >= 0.6 is 11.3 Å². The van der Waals surface area contributed by atoms with E-state index in [1.807, 2.05) is 5.38 Å². The van der Waals surface area contributed by atoms with Gasteiger partial charge in [-0.15, -0.1) is 11.3 Å². The minimum atomic E-state index is -1.01. The fraction of sp³-hybridized carbons (Fsp3) is 0.231. The van der Waals surface area contributed by atoms with Gasteiger partial charge >= 0.3 is 11.7 Å². The third-order valence-electron chi connectivity index (χ3n) is 3.48. The highest BCUT2D eigenvalue weighted by Gasteiger charge is 2.36. The predicted octanol–water partition coefficient (Wildman–Crippen LogP) is 2.24. The molecule has 1 aliphatic rings. The molecule has 0 aromatic carbocycles. The molecule has 2 aromatic heterocycles. The van der Waals surface area contributed by atoms with Crippen LogP contribution in [0.15, 0.2) is 29.9 Å². The van der Waals surface area contributed by atoms with Crippen molar-refractivity contribution in [1.82, 2.24) is 4.98 Å². The number of hydrogen-bond acceptors (Lipinski definition) is 6. The third kappa shape index (κ3) is 2.23. The molecule has 0 amide bonds. The monoisotopic (exact) mass is 305 g/mol. The number of carboxylic acids is 1. The molecule has 0 saturated heterocycles. The molecule has 21 heavy (non-hydrogen) atoms. The molecule has 0 saturated carbocycles. The molecule has 0 aliphatic carbocycles. The average Bonchev–Trinajstić information content (AvgIpc) is 2.94. The lowest BCUT2D eigenvalue weighted by Crippen LogP contribution is -2.39. The average molecular weight is 305 g/mol. The zero-order chi connectivity index (χ0) is 15.0. The SMILES string of the molecule is O=C(O)C1c2ccsc2CCN1c1ccncc1[N+](=O)[O-]. The van der Waals surface area contributed by atoms with Gasteiger partial charge in [0.15, 0.2) is 6.04 Å². The van der Waals surface area contributed by atoms with Crippen LogP contribution in [0.4, 0.5) is 11.4 Å². The van der Waals surface area contributed by atoms with Crippen molar-refractivity contribution in [3.63, 3.8) is 0 Å². The molecule has 1 atom stereocenters. The van der Waals surface area contributed by atoms with E-state index in [2.05, 4.69) is 4.98 Å². The van der Waals surface area contributed by atoms with Crippen LogP contribution in [0.5, 0.6) is 0 Å². The molecule has 0 spiro atoms. The highest BCUT2D eigenvalue weighted by Crippen LogP contribution is 2.39. The summed E-state index contributed by atoms with van der Waals surface area (Å²) in [4.78, 5) is 28.6. The highest BCUT2D eigenvalue weighted by molar-refractivity contribution is 7.10. The number of rotatable bonds is 3. The van der Waals surface area contributed by atoms with E-state index in [-0.39, 0.29) is 5.69 Å². The van der Waals surface area contributed by atoms with Crippen LogP contribution in [0.3, 0.4) is 0 Å². The molecule has 0 fully saturated rings. The third-order valence-corrected chi connectivity index (χ3v) is 4.48. The number of nitrogens with zero attached hydrogens (tertiary/aromatic N) is 3. The zero-order valence-corrected chi connectivity index (χ0v) is 11.6. The van der Waals surface area contributed by atoms with Crippen molar-refractivity contribution in [2.24, 2.45) is 0 Å². The summed E-state index contributed by atoms with van der Waals surface area (Å²) in [6.07, 6.45) is 3.26. The Morgan fingerprint density at radius 2 is 2.33 bits per heavy atom. The maximum absolute atomic E-state index is 11.7. The van der Waals surface area contributed by atoms with E-state index < -0.39 is 16.9 Å². The molecule has 7 nitrogen and oxygen atoms in total. The fourth-order valence-electron chi connectivity index (χ4n) is 2.60. The van der Waals surface area contributed by atoms with Gasteiger partial charge in [-0.2, -0.15) is 0 Å². The van der Waals surface area contributed by atoms with E-state index in [0.29, 0.717) is 24.2 Å². The number of pyridine rings is 1. The van der Waals surface area contributed by atoms with Gasteiger partial charge in [-0.1, -0.05) is 0 Å². The van der Waals surface area contributed by atoms with Gasteiger partial charge in [0.2, 0.25) is 0 Å². The smallest absolute Gasteiger partial charge is 0.331 e. The molecule has 1 aliphatic heterocycles. The summed E-state index contributed by atoms with van der Waals surface area (Å²) in [5, 5.41) is 22.5. The first-order chi connectivity index (χ1) is 10.1. The second kappa shape index (κ2) is 5.13. The van der Waals surface area contributed by atoms with Crippen molar-refractivity contribution in [3.05, 3.63) is 50.5 Å². The van der Waals surface area contributed by atoms with Gasteiger partial charge in [0.25, 0.3) is 0 Å². The molecule has 2 aromatic rings. The molecule has 3 heterocycles. The number of aliphatic carboxylic acids is 1. The highest BCUT2D eigenvalue weighted by atomic mass is 32.1. The first-order valence-corrected chi connectivity index (χ1v) is 7.11. The molecule has 1 unspecified atom stereocenters. The van der Waals surface area contributed by atoms with Gasteiger partial charge in [-0.3, -0.25) is 15.1 Å². The Hall–Kier alpha value is -2.48. The summed E-state index contributed by atoms with van der Waals surface area (Å²) in [5.41, 5.74) is 0.825. The maximum atomic E-state index is 11.7. The number of carbonyl (C=O) groups is 1. The number of nitro groups is 1. The van der Waals surface area contributed by atoms with Crippen molar-refractivity contribution < 1.29 is 14.8 Å². The Bertz CT molecular complexity index is 715. The lowest BCUT2D eigenvalue weighted by Gasteiger charge is -2.34. The number of aromatic nitrogens is 1. The van der Waals surface area contributed by atoms with Gasteiger partial charge in [0.1, 0.15) is 11.9 Å². The number of carboxylic acid groups (broad SMARTS) is 1. The van der Waals surface area contributed by atoms with E-state index in [1.54, 1.807) is 11.0 Å². The summed E-state index contributed by atoms with van der Waals surface area (Å²) >= 11 is 1.52. The van der Waals surface area contributed by atoms with Gasteiger partial charge in [0.05, 0.1) is 4.92 Å². The lowest BCUT2D eigenvalue weighted by molar-refractivity contribution is -0.384. The second-order valence-electron chi connectivity index (χ2n) is 4.60. The zero-order valence-electron chi connectivity index (χ0n) is 10.8. The Morgan fingerprint density at radius 3 is 3.05 bits per heavy atom.